The summed E-state index contributed by atoms with van der Waals surface area (Å²) in [6.45, 7) is 3.87. The van der Waals surface area contributed by atoms with E-state index in [1.54, 1.807) is 0 Å². The SMILES string of the molecule is CN1CCCN(C(=O)C2CCCC2N)CC1. The number of nitrogens with two attached hydrogens (primary N) is 1. The molecule has 0 aromatic rings. The minimum atomic E-state index is 0.100. The molecule has 4 heteroatoms. The Bertz CT molecular complexity index is 257. The van der Waals surface area contributed by atoms with Crippen molar-refractivity contribution in [2.24, 2.45) is 11.7 Å². The smallest absolute Gasteiger partial charge is 0.227 e. The molecule has 2 rings (SSSR count). The minimum absolute atomic E-state index is 0.100. The number of amides is 1. The van der Waals surface area contributed by atoms with Gasteiger partial charge in [-0.1, -0.05) is 6.42 Å². The van der Waals surface area contributed by atoms with Gasteiger partial charge in [-0.25, -0.2) is 0 Å². The lowest BCUT2D eigenvalue weighted by Crippen LogP contribution is -2.43. The molecule has 16 heavy (non-hydrogen) atoms. The monoisotopic (exact) mass is 225 g/mol. The summed E-state index contributed by atoms with van der Waals surface area (Å²) < 4.78 is 0. The standard InChI is InChI=1S/C12H23N3O/c1-14-6-3-7-15(9-8-14)12(16)10-4-2-5-11(10)13/h10-11H,2-9,13H2,1H3. The number of likely N-dealkylation sites (N-methyl/N-ethyl adjacent to an activating group) is 1. The lowest BCUT2D eigenvalue weighted by atomic mass is 10.0. The van der Waals surface area contributed by atoms with Crippen molar-refractivity contribution in [3.8, 4) is 0 Å². The van der Waals surface area contributed by atoms with Gasteiger partial charge in [-0.15, -0.1) is 0 Å². The third kappa shape index (κ3) is 2.55. The Hall–Kier alpha value is -0.610. The van der Waals surface area contributed by atoms with E-state index in [0.717, 1.165) is 51.9 Å². The molecule has 0 spiro atoms. The van der Waals surface area contributed by atoms with Gasteiger partial charge in [0.25, 0.3) is 0 Å². The molecule has 1 saturated heterocycles. The Morgan fingerprint density at radius 3 is 2.62 bits per heavy atom. The number of carbonyl (C=O) groups is 1. The molecule has 0 aromatic heterocycles. The predicted molar refractivity (Wildman–Crippen MR) is 64.0 cm³/mol. The molecule has 1 amide bonds. The molecule has 2 fully saturated rings. The van der Waals surface area contributed by atoms with Gasteiger partial charge < -0.3 is 15.5 Å². The highest BCUT2D eigenvalue weighted by Crippen LogP contribution is 2.26. The molecule has 1 saturated carbocycles. The van der Waals surface area contributed by atoms with Crippen LogP contribution in [0.25, 0.3) is 0 Å². The summed E-state index contributed by atoms with van der Waals surface area (Å²) in [6, 6.07) is 0.105. The largest absolute Gasteiger partial charge is 0.341 e. The Balaban J connectivity index is 1.93. The van der Waals surface area contributed by atoms with Crippen molar-refractivity contribution in [2.75, 3.05) is 33.2 Å². The fraction of sp³-hybridized carbons (Fsp3) is 0.917. The van der Waals surface area contributed by atoms with E-state index >= 15 is 0 Å². The highest BCUT2D eigenvalue weighted by molar-refractivity contribution is 5.80. The number of carbonyl (C=O) groups excluding carboxylic acids is 1. The summed E-state index contributed by atoms with van der Waals surface area (Å²) >= 11 is 0. The summed E-state index contributed by atoms with van der Waals surface area (Å²) in [5, 5.41) is 0. The summed E-state index contributed by atoms with van der Waals surface area (Å²) in [6.07, 6.45) is 4.21. The van der Waals surface area contributed by atoms with Gasteiger partial charge in [0.15, 0.2) is 0 Å². The second kappa shape index (κ2) is 5.15. The van der Waals surface area contributed by atoms with E-state index < -0.39 is 0 Å². The van der Waals surface area contributed by atoms with Crippen LogP contribution in [0.2, 0.25) is 0 Å². The second-order valence-electron chi connectivity index (χ2n) is 5.18. The van der Waals surface area contributed by atoms with E-state index in [9.17, 15) is 4.79 Å². The van der Waals surface area contributed by atoms with Gasteiger partial charge in [0, 0.05) is 25.7 Å². The van der Waals surface area contributed by atoms with E-state index in [0.29, 0.717) is 5.91 Å². The molecule has 1 aliphatic heterocycles. The van der Waals surface area contributed by atoms with Crippen molar-refractivity contribution in [3.63, 3.8) is 0 Å². The Morgan fingerprint density at radius 2 is 1.94 bits per heavy atom. The van der Waals surface area contributed by atoms with Gasteiger partial charge in [-0.2, -0.15) is 0 Å². The van der Waals surface area contributed by atoms with Gasteiger partial charge in [-0.05, 0) is 32.9 Å². The summed E-state index contributed by atoms with van der Waals surface area (Å²) in [4.78, 5) is 16.6. The molecule has 0 radical (unpaired) electrons. The van der Waals surface area contributed by atoms with Crippen molar-refractivity contribution in [2.45, 2.75) is 31.7 Å². The van der Waals surface area contributed by atoms with E-state index in [4.69, 9.17) is 5.73 Å². The lowest BCUT2D eigenvalue weighted by Gasteiger charge is -2.25. The average molecular weight is 225 g/mol. The highest BCUT2D eigenvalue weighted by atomic mass is 16.2. The van der Waals surface area contributed by atoms with Gasteiger partial charge in [-0.3, -0.25) is 4.79 Å². The van der Waals surface area contributed by atoms with Crippen LogP contribution in [0.1, 0.15) is 25.7 Å². The second-order valence-corrected chi connectivity index (χ2v) is 5.18. The average Bonchev–Trinajstić information content (AvgIpc) is 2.56. The van der Waals surface area contributed by atoms with Crippen LogP contribution in [0.4, 0.5) is 0 Å². The first-order chi connectivity index (χ1) is 7.68. The van der Waals surface area contributed by atoms with Crippen LogP contribution in [0.3, 0.4) is 0 Å². The third-order valence-electron chi connectivity index (χ3n) is 3.92. The Labute approximate surface area is 97.8 Å². The maximum absolute atomic E-state index is 12.3. The zero-order valence-electron chi connectivity index (χ0n) is 10.2. The van der Waals surface area contributed by atoms with Crippen LogP contribution in [0.5, 0.6) is 0 Å². The van der Waals surface area contributed by atoms with Crippen LogP contribution >= 0.6 is 0 Å². The van der Waals surface area contributed by atoms with E-state index in [-0.39, 0.29) is 12.0 Å². The fourth-order valence-corrected chi connectivity index (χ4v) is 2.80. The minimum Gasteiger partial charge on any atom is -0.341 e. The molecule has 0 aromatic carbocycles. The van der Waals surface area contributed by atoms with Crippen LogP contribution in [0, 0.1) is 5.92 Å². The Kier molecular flexibility index (Phi) is 3.82. The molecule has 2 atom stereocenters. The van der Waals surface area contributed by atoms with Crippen molar-refractivity contribution in [3.05, 3.63) is 0 Å². The topological polar surface area (TPSA) is 49.6 Å². The first-order valence-corrected chi connectivity index (χ1v) is 6.41. The lowest BCUT2D eigenvalue weighted by molar-refractivity contribution is -0.135. The van der Waals surface area contributed by atoms with Gasteiger partial charge in [0.05, 0.1) is 5.92 Å². The molecule has 1 aliphatic carbocycles. The number of nitrogens with zero attached hydrogens (tertiary/aromatic N) is 2. The molecule has 0 bridgehead atoms. The maximum atomic E-state index is 12.3. The van der Waals surface area contributed by atoms with Crippen molar-refractivity contribution in [1.29, 1.82) is 0 Å². The van der Waals surface area contributed by atoms with Crippen molar-refractivity contribution < 1.29 is 4.79 Å². The fourth-order valence-electron chi connectivity index (χ4n) is 2.80. The van der Waals surface area contributed by atoms with Crippen LogP contribution in [-0.4, -0.2) is 55.0 Å². The molecule has 4 nitrogen and oxygen atoms in total. The molecular formula is C12H23N3O. The van der Waals surface area contributed by atoms with E-state index in [1.807, 2.05) is 4.90 Å². The molecule has 2 unspecified atom stereocenters. The van der Waals surface area contributed by atoms with Crippen molar-refractivity contribution in [1.82, 2.24) is 9.80 Å². The predicted octanol–water partition coefficient (Wildman–Crippen LogP) is 0.278. The quantitative estimate of drug-likeness (QED) is 0.697. The van der Waals surface area contributed by atoms with E-state index in [2.05, 4.69) is 11.9 Å². The molecule has 2 aliphatic rings. The highest BCUT2D eigenvalue weighted by Gasteiger charge is 2.33. The number of rotatable bonds is 1. The summed E-state index contributed by atoms with van der Waals surface area (Å²) in [5.74, 6) is 0.406. The zero-order chi connectivity index (χ0) is 11.5. The van der Waals surface area contributed by atoms with Crippen LogP contribution in [-0.2, 0) is 4.79 Å². The molecular weight excluding hydrogens is 202 g/mol. The molecule has 92 valence electrons. The molecule has 1 heterocycles. The first-order valence-electron chi connectivity index (χ1n) is 6.41. The van der Waals surface area contributed by atoms with E-state index in [1.165, 1.54) is 0 Å². The molecule has 2 N–H and O–H groups in total. The number of hydrogen-bond acceptors (Lipinski definition) is 3. The van der Waals surface area contributed by atoms with Crippen LogP contribution < -0.4 is 5.73 Å². The van der Waals surface area contributed by atoms with Gasteiger partial charge in [0.2, 0.25) is 5.91 Å². The Morgan fingerprint density at radius 1 is 1.12 bits per heavy atom. The van der Waals surface area contributed by atoms with Gasteiger partial charge >= 0.3 is 0 Å². The van der Waals surface area contributed by atoms with Crippen LogP contribution in [0.15, 0.2) is 0 Å². The third-order valence-corrected chi connectivity index (χ3v) is 3.92. The maximum Gasteiger partial charge on any atom is 0.227 e. The first kappa shape index (κ1) is 11.9. The van der Waals surface area contributed by atoms with Crippen molar-refractivity contribution >= 4 is 5.91 Å². The summed E-state index contributed by atoms with van der Waals surface area (Å²) in [5.41, 5.74) is 6.00. The summed E-state index contributed by atoms with van der Waals surface area (Å²) in [7, 11) is 2.12. The zero-order valence-corrected chi connectivity index (χ0v) is 10.2. The normalized spacial score (nSPS) is 32.8. The van der Waals surface area contributed by atoms with Gasteiger partial charge in [0.1, 0.15) is 0 Å². The number of hydrogen-bond donors (Lipinski definition) is 1.